The van der Waals surface area contributed by atoms with Crippen molar-refractivity contribution < 1.29 is 14.2 Å². The number of hydrogen-bond acceptors (Lipinski definition) is 5. The van der Waals surface area contributed by atoms with E-state index in [4.69, 9.17) is 19.2 Å². The molecule has 0 N–H and O–H groups in total. The van der Waals surface area contributed by atoms with Crippen LogP contribution >= 0.6 is 11.8 Å². The third-order valence-corrected chi connectivity index (χ3v) is 5.97. The Hall–Kier alpha value is -1.72. The molecule has 1 atom stereocenters. The Morgan fingerprint density at radius 2 is 2.18 bits per heavy atom. The molecular formula is C23H31NO3S. The first-order valence-electron chi connectivity index (χ1n) is 10.2. The largest absolute Gasteiger partial charge is 0.494 e. The number of fused-ring (bicyclic) bond motifs is 1. The number of nitrogens with zero attached hydrogens (tertiary/aromatic N) is 1. The zero-order valence-electron chi connectivity index (χ0n) is 17.2. The number of rotatable bonds is 8. The first-order valence-corrected chi connectivity index (χ1v) is 11.2. The van der Waals surface area contributed by atoms with Gasteiger partial charge in [-0.1, -0.05) is 19.1 Å². The van der Waals surface area contributed by atoms with Crippen molar-refractivity contribution in [2.75, 3.05) is 25.7 Å². The Kier molecular flexibility index (Phi) is 8.04. The summed E-state index contributed by atoms with van der Waals surface area (Å²) in [6.07, 6.45) is 8.68. The van der Waals surface area contributed by atoms with Crippen molar-refractivity contribution in [3.63, 3.8) is 0 Å². The average molecular weight is 402 g/mol. The van der Waals surface area contributed by atoms with Gasteiger partial charge in [0.2, 0.25) is 0 Å². The highest BCUT2D eigenvalue weighted by Crippen LogP contribution is 2.26. The molecule has 0 amide bonds. The molecule has 3 rings (SSSR count). The van der Waals surface area contributed by atoms with E-state index in [9.17, 15) is 0 Å². The number of ether oxygens (including phenoxy) is 3. The molecule has 2 aliphatic rings. The van der Waals surface area contributed by atoms with Gasteiger partial charge in [-0.3, -0.25) is 4.99 Å². The van der Waals surface area contributed by atoms with Gasteiger partial charge in [0.05, 0.1) is 11.7 Å². The van der Waals surface area contributed by atoms with Crippen LogP contribution in [-0.4, -0.2) is 36.8 Å². The van der Waals surface area contributed by atoms with Crippen LogP contribution in [0.25, 0.3) is 0 Å². The summed E-state index contributed by atoms with van der Waals surface area (Å²) in [5, 5.41) is 1.09. The smallest absolute Gasteiger partial charge is 0.189 e. The van der Waals surface area contributed by atoms with E-state index < -0.39 is 0 Å². The molecule has 152 valence electrons. The highest BCUT2D eigenvalue weighted by molar-refractivity contribution is 8.14. The van der Waals surface area contributed by atoms with Gasteiger partial charge in [0.25, 0.3) is 0 Å². The summed E-state index contributed by atoms with van der Waals surface area (Å²) >= 11 is 1.78. The Bertz CT molecular complexity index is 754. The van der Waals surface area contributed by atoms with Crippen molar-refractivity contribution >= 4 is 16.8 Å². The Balaban J connectivity index is 1.48. The van der Waals surface area contributed by atoms with Gasteiger partial charge in [0.15, 0.2) is 6.79 Å². The van der Waals surface area contributed by atoms with Crippen LogP contribution in [0.3, 0.4) is 0 Å². The number of benzene rings is 1. The van der Waals surface area contributed by atoms with Gasteiger partial charge in [-0.25, -0.2) is 0 Å². The fourth-order valence-electron chi connectivity index (χ4n) is 3.36. The van der Waals surface area contributed by atoms with Crippen molar-refractivity contribution in [3.05, 3.63) is 52.8 Å². The normalized spacial score (nSPS) is 21.1. The fourth-order valence-corrected chi connectivity index (χ4v) is 4.11. The van der Waals surface area contributed by atoms with E-state index in [2.05, 4.69) is 38.1 Å². The topological polar surface area (TPSA) is 40.0 Å². The first kappa shape index (κ1) is 21.0. The molecule has 28 heavy (non-hydrogen) atoms. The molecule has 4 nitrogen and oxygen atoms in total. The molecule has 0 aromatic heterocycles. The number of aliphatic imine (C=N–C) groups is 1. The summed E-state index contributed by atoms with van der Waals surface area (Å²) < 4.78 is 16.8. The number of hydrogen-bond donors (Lipinski definition) is 0. The van der Waals surface area contributed by atoms with E-state index >= 15 is 0 Å². The van der Waals surface area contributed by atoms with E-state index in [0.29, 0.717) is 13.4 Å². The zero-order chi connectivity index (χ0) is 19.8. The van der Waals surface area contributed by atoms with Crippen LogP contribution in [0, 0.1) is 0 Å². The molecule has 5 heteroatoms. The number of aryl methyl sites for hydroxylation is 2. The minimum Gasteiger partial charge on any atom is -0.494 e. The van der Waals surface area contributed by atoms with Gasteiger partial charge < -0.3 is 14.2 Å². The second-order valence-electron chi connectivity index (χ2n) is 7.10. The van der Waals surface area contributed by atoms with E-state index in [1.165, 1.54) is 30.4 Å². The maximum absolute atomic E-state index is 5.93. The quantitative estimate of drug-likeness (QED) is 0.336. The molecular weight excluding hydrogens is 370 g/mol. The van der Waals surface area contributed by atoms with E-state index in [1.54, 1.807) is 11.8 Å². The Morgan fingerprint density at radius 1 is 1.32 bits per heavy atom. The summed E-state index contributed by atoms with van der Waals surface area (Å²) in [5.41, 5.74) is 4.10. The van der Waals surface area contributed by atoms with Gasteiger partial charge in [0.1, 0.15) is 17.6 Å². The van der Waals surface area contributed by atoms with Crippen molar-refractivity contribution in [1.29, 1.82) is 0 Å². The van der Waals surface area contributed by atoms with Gasteiger partial charge in [0, 0.05) is 13.0 Å². The maximum atomic E-state index is 5.93. The second kappa shape index (κ2) is 10.7. The van der Waals surface area contributed by atoms with Crippen molar-refractivity contribution in [3.8, 4) is 5.75 Å². The molecule has 0 radical (unpaired) electrons. The third-order valence-electron chi connectivity index (χ3n) is 4.96. The van der Waals surface area contributed by atoms with Gasteiger partial charge in [-0.15, -0.1) is 11.8 Å². The predicted molar refractivity (Wildman–Crippen MR) is 117 cm³/mol. The monoisotopic (exact) mass is 401 g/mol. The molecule has 1 aliphatic heterocycles. The van der Waals surface area contributed by atoms with Crippen LogP contribution in [0.5, 0.6) is 5.75 Å². The second-order valence-corrected chi connectivity index (χ2v) is 8.35. The van der Waals surface area contributed by atoms with E-state index in [-0.39, 0.29) is 6.10 Å². The molecule has 1 aliphatic carbocycles. The SMILES string of the molecule is CCSC(=NCCCOc1ccc2c(c1)CCC2)/C(C)=C/C=C1/OCOC1C. The van der Waals surface area contributed by atoms with E-state index in [0.717, 1.165) is 40.8 Å². The molecule has 1 heterocycles. The van der Waals surface area contributed by atoms with Crippen molar-refractivity contribution in [2.24, 2.45) is 4.99 Å². The van der Waals surface area contributed by atoms with Crippen LogP contribution in [0.15, 0.2) is 46.7 Å². The minimum absolute atomic E-state index is 0.0274. The Labute approximate surface area is 173 Å². The molecule has 1 aromatic carbocycles. The van der Waals surface area contributed by atoms with E-state index in [1.807, 2.05) is 13.0 Å². The van der Waals surface area contributed by atoms with Crippen LogP contribution in [-0.2, 0) is 22.3 Å². The van der Waals surface area contributed by atoms with Gasteiger partial charge >= 0.3 is 0 Å². The summed E-state index contributed by atoms with van der Waals surface area (Å²) in [6, 6.07) is 6.52. The third kappa shape index (κ3) is 5.89. The Morgan fingerprint density at radius 3 is 2.96 bits per heavy atom. The highest BCUT2D eigenvalue weighted by Gasteiger charge is 2.17. The van der Waals surface area contributed by atoms with Crippen molar-refractivity contribution in [1.82, 2.24) is 0 Å². The van der Waals surface area contributed by atoms with Crippen LogP contribution < -0.4 is 4.74 Å². The summed E-state index contributed by atoms with van der Waals surface area (Å²) in [5.74, 6) is 2.87. The molecule has 0 bridgehead atoms. The lowest BCUT2D eigenvalue weighted by atomic mass is 10.1. The first-order chi connectivity index (χ1) is 13.7. The molecule has 1 unspecified atom stereocenters. The predicted octanol–water partition coefficient (Wildman–Crippen LogP) is 5.32. The van der Waals surface area contributed by atoms with Gasteiger partial charge in [-0.05, 0) is 73.8 Å². The lowest BCUT2D eigenvalue weighted by Gasteiger charge is -2.08. The average Bonchev–Trinajstić information content (AvgIpc) is 3.33. The minimum atomic E-state index is 0.0274. The van der Waals surface area contributed by atoms with Gasteiger partial charge in [-0.2, -0.15) is 0 Å². The molecule has 0 spiro atoms. The van der Waals surface area contributed by atoms with Crippen molar-refractivity contribution in [2.45, 2.75) is 52.6 Å². The number of thioether (sulfide) groups is 1. The summed E-state index contributed by atoms with van der Waals surface area (Å²) in [7, 11) is 0. The molecule has 1 fully saturated rings. The summed E-state index contributed by atoms with van der Waals surface area (Å²) in [4.78, 5) is 4.80. The maximum Gasteiger partial charge on any atom is 0.189 e. The van der Waals surface area contributed by atoms with Crippen LogP contribution in [0.2, 0.25) is 0 Å². The highest BCUT2D eigenvalue weighted by atomic mass is 32.2. The molecule has 1 saturated heterocycles. The standard InChI is InChI=1S/C23H31NO3S/c1-4-28-23(17(2)9-12-22-18(3)26-16-27-22)24-13-6-14-25-21-11-10-19-7-5-8-20(19)15-21/h9-12,15,18H,4-8,13-14,16H2,1-3H3/b17-9+,22-12+,24-23?. The molecule has 0 saturated carbocycles. The van der Waals surface area contributed by atoms with Crippen LogP contribution in [0.1, 0.15) is 44.7 Å². The fraction of sp³-hybridized carbons (Fsp3) is 0.522. The van der Waals surface area contributed by atoms with Crippen LogP contribution in [0.4, 0.5) is 0 Å². The summed E-state index contributed by atoms with van der Waals surface area (Å²) in [6.45, 7) is 8.05. The lowest BCUT2D eigenvalue weighted by molar-refractivity contribution is 0.0553. The lowest BCUT2D eigenvalue weighted by Crippen LogP contribution is -2.03. The number of allylic oxidation sites excluding steroid dienone is 2. The zero-order valence-corrected chi connectivity index (χ0v) is 18.0. The molecule has 1 aromatic rings.